The SMILES string of the molecule is COc1cccc(-n2c(C(C)Nc3nc(N)nc4[nH]cnc34)nc3cccc(C)c3c2=O)c1. The molecule has 4 N–H and O–H groups in total. The van der Waals surface area contributed by atoms with E-state index in [-0.39, 0.29) is 11.5 Å². The van der Waals surface area contributed by atoms with Crippen LogP contribution in [0.2, 0.25) is 0 Å². The Balaban J connectivity index is 1.72. The highest BCUT2D eigenvalue weighted by Crippen LogP contribution is 2.26. The number of nitrogen functional groups attached to an aromatic ring is 1. The Kier molecular flexibility index (Phi) is 4.89. The second kappa shape index (κ2) is 7.90. The van der Waals surface area contributed by atoms with Gasteiger partial charge < -0.3 is 20.8 Å². The van der Waals surface area contributed by atoms with Crippen LogP contribution < -0.4 is 21.3 Å². The first-order valence-corrected chi connectivity index (χ1v) is 10.4. The number of nitrogens with two attached hydrogens (primary N) is 1. The van der Waals surface area contributed by atoms with Gasteiger partial charge in [-0.05, 0) is 37.6 Å². The molecule has 2 aromatic carbocycles. The van der Waals surface area contributed by atoms with Crippen molar-refractivity contribution in [2.45, 2.75) is 19.9 Å². The van der Waals surface area contributed by atoms with Crippen LogP contribution in [0.5, 0.6) is 5.75 Å². The fraction of sp³-hybridized carbons (Fsp3) is 0.174. The van der Waals surface area contributed by atoms with Gasteiger partial charge in [-0.2, -0.15) is 9.97 Å². The van der Waals surface area contributed by atoms with Crippen molar-refractivity contribution in [2.24, 2.45) is 0 Å². The highest BCUT2D eigenvalue weighted by Gasteiger charge is 2.21. The number of rotatable bonds is 5. The molecule has 10 nitrogen and oxygen atoms in total. The van der Waals surface area contributed by atoms with E-state index in [1.54, 1.807) is 17.7 Å². The highest BCUT2D eigenvalue weighted by molar-refractivity contribution is 5.84. The maximum Gasteiger partial charge on any atom is 0.266 e. The molecule has 0 aliphatic carbocycles. The molecular formula is C23H22N8O2. The summed E-state index contributed by atoms with van der Waals surface area (Å²) >= 11 is 0. The quantitative estimate of drug-likeness (QED) is 0.378. The molecule has 166 valence electrons. The fourth-order valence-electron chi connectivity index (χ4n) is 3.93. The van der Waals surface area contributed by atoms with Crippen molar-refractivity contribution in [1.29, 1.82) is 0 Å². The molecule has 0 aliphatic heterocycles. The van der Waals surface area contributed by atoms with Crippen LogP contribution in [0.15, 0.2) is 53.6 Å². The van der Waals surface area contributed by atoms with Gasteiger partial charge in [0.15, 0.2) is 11.5 Å². The van der Waals surface area contributed by atoms with E-state index in [4.69, 9.17) is 15.5 Å². The molecule has 0 spiro atoms. The van der Waals surface area contributed by atoms with Gasteiger partial charge in [-0.1, -0.05) is 18.2 Å². The first kappa shape index (κ1) is 20.4. The van der Waals surface area contributed by atoms with E-state index >= 15 is 0 Å². The molecule has 5 aromatic rings. The Hall–Kier alpha value is -4.47. The molecule has 5 rings (SSSR count). The molecule has 0 saturated carbocycles. The van der Waals surface area contributed by atoms with Gasteiger partial charge >= 0.3 is 0 Å². The van der Waals surface area contributed by atoms with E-state index < -0.39 is 6.04 Å². The van der Waals surface area contributed by atoms with Gasteiger partial charge in [0, 0.05) is 6.07 Å². The normalized spacial score (nSPS) is 12.2. The summed E-state index contributed by atoms with van der Waals surface area (Å²) in [6.07, 6.45) is 1.53. The minimum absolute atomic E-state index is 0.105. The molecule has 3 heterocycles. The van der Waals surface area contributed by atoms with Crippen molar-refractivity contribution in [3.63, 3.8) is 0 Å². The lowest BCUT2D eigenvalue weighted by Gasteiger charge is -2.21. The number of aryl methyl sites for hydroxylation is 1. The van der Waals surface area contributed by atoms with Crippen LogP contribution in [0.4, 0.5) is 11.8 Å². The van der Waals surface area contributed by atoms with Crippen molar-refractivity contribution in [1.82, 2.24) is 29.5 Å². The van der Waals surface area contributed by atoms with Crippen molar-refractivity contribution in [3.8, 4) is 11.4 Å². The topological polar surface area (TPSA) is 137 Å². The Bertz CT molecular complexity index is 1560. The van der Waals surface area contributed by atoms with Crippen molar-refractivity contribution in [2.75, 3.05) is 18.2 Å². The Morgan fingerprint density at radius 3 is 2.79 bits per heavy atom. The summed E-state index contributed by atoms with van der Waals surface area (Å²) < 4.78 is 6.98. The first-order valence-electron chi connectivity index (χ1n) is 10.4. The number of hydrogen-bond acceptors (Lipinski definition) is 8. The van der Waals surface area contributed by atoms with Gasteiger partial charge in [-0.15, -0.1) is 0 Å². The van der Waals surface area contributed by atoms with Gasteiger partial charge in [0.1, 0.15) is 17.1 Å². The predicted octanol–water partition coefficient (Wildman–Crippen LogP) is 3.12. The van der Waals surface area contributed by atoms with E-state index in [1.165, 1.54) is 6.33 Å². The maximum atomic E-state index is 13.7. The smallest absolute Gasteiger partial charge is 0.266 e. The number of aromatic nitrogens is 6. The number of fused-ring (bicyclic) bond motifs is 2. The lowest BCUT2D eigenvalue weighted by atomic mass is 10.1. The molecule has 0 saturated heterocycles. The molecular weight excluding hydrogens is 420 g/mol. The van der Waals surface area contributed by atoms with Gasteiger partial charge in [0.05, 0.1) is 36.1 Å². The molecule has 0 fully saturated rings. The number of H-pyrrole nitrogens is 1. The van der Waals surface area contributed by atoms with Gasteiger partial charge in [-0.3, -0.25) is 9.36 Å². The first-order chi connectivity index (χ1) is 16.0. The summed E-state index contributed by atoms with van der Waals surface area (Å²) in [6.45, 7) is 3.80. The molecule has 1 atom stereocenters. The molecule has 10 heteroatoms. The zero-order valence-electron chi connectivity index (χ0n) is 18.3. The number of nitrogens with zero attached hydrogens (tertiary/aromatic N) is 5. The molecule has 0 radical (unpaired) electrons. The van der Waals surface area contributed by atoms with Crippen molar-refractivity contribution in [3.05, 3.63) is 70.5 Å². The average molecular weight is 442 g/mol. The predicted molar refractivity (Wildman–Crippen MR) is 127 cm³/mol. The lowest BCUT2D eigenvalue weighted by Crippen LogP contribution is -2.28. The van der Waals surface area contributed by atoms with Crippen LogP contribution in [0.1, 0.15) is 24.4 Å². The van der Waals surface area contributed by atoms with E-state index in [0.717, 1.165) is 5.56 Å². The summed E-state index contributed by atoms with van der Waals surface area (Å²) in [7, 11) is 1.59. The summed E-state index contributed by atoms with van der Waals surface area (Å²) in [4.78, 5) is 34.3. The molecule has 33 heavy (non-hydrogen) atoms. The number of hydrogen-bond donors (Lipinski definition) is 3. The van der Waals surface area contributed by atoms with Crippen LogP contribution in [0.25, 0.3) is 27.8 Å². The van der Waals surface area contributed by atoms with Gasteiger partial charge in [0.25, 0.3) is 5.56 Å². The van der Waals surface area contributed by atoms with Crippen molar-refractivity contribution >= 4 is 33.8 Å². The third-order valence-corrected chi connectivity index (χ3v) is 5.48. The van der Waals surface area contributed by atoms with E-state index in [0.29, 0.717) is 45.1 Å². The number of anilines is 2. The second-order valence-corrected chi connectivity index (χ2v) is 7.68. The van der Waals surface area contributed by atoms with Crippen LogP contribution in [-0.4, -0.2) is 36.6 Å². The number of nitrogens with one attached hydrogen (secondary N) is 2. The monoisotopic (exact) mass is 442 g/mol. The Morgan fingerprint density at radius 1 is 1.15 bits per heavy atom. The number of imidazole rings is 1. The highest BCUT2D eigenvalue weighted by atomic mass is 16.5. The minimum Gasteiger partial charge on any atom is -0.497 e. The van der Waals surface area contributed by atoms with Crippen LogP contribution in [0, 0.1) is 6.92 Å². The van der Waals surface area contributed by atoms with Gasteiger partial charge in [-0.25, -0.2) is 9.97 Å². The summed E-state index contributed by atoms with van der Waals surface area (Å²) in [5.41, 5.74) is 8.89. The van der Waals surface area contributed by atoms with E-state index in [2.05, 4.69) is 25.3 Å². The standard InChI is InChI=1S/C23H22N8O2/c1-12-6-4-9-16-17(12)22(32)31(14-7-5-8-15(10-14)33-3)21(28-16)13(2)27-20-18-19(26-11-25-18)29-23(24)30-20/h4-11,13H,1-3H3,(H4,24,25,26,27,29,30). The minimum atomic E-state index is -0.428. The third-order valence-electron chi connectivity index (χ3n) is 5.48. The maximum absolute atomic E-state index is 13.7. The van der Waals surface area contributed by atoms with Crippen molar-refractivity contribution < 1.29 is 4.74 Å². The molecule has 0 amide bonds. The molecule has 1 unspecified atom stereocenters. The zero-order chi connectivity index (χ0) is 23.1. The van der Waals surface area contributed by atoms with E-state index in [9.17, 15) is 4.79 Å². The summed E-state index contributed by atoms with van der Waals surface area (Å²) in [5.74, 6) is 1.70. The molecule has 0 bridgehead atoms. The zero-order valence-corrected chi connectivity index (χ0v) is 18.3. The molecule has 3 aromatic heterocycles. The third kappa shape index (κ3) is 3.51. The van der Waals surface area contributed by atoms with Gasteiger partial charge in [0.2, 0.25) is 5.95 Å². The van der Waals surface area contributed by atoms with E-state index in [1.807, 2.05) is 50.2 Å². The lowest BCUT2D eigenvalue weighted by molar-refractivity contribution is 0.414. The number of methoxy groups -OCH3 is 1. The fourth-order valence-corrected chi connectivity index (χ4v) is 3.93. The summed E-state index contributed by atoms with van der Waals surface area (Å²) in [6, 6.07) is 12.5. The van der Waals surface area contributed by atoms with Crippen LogP contribution >= 0.6 is 0 Å². The van der Waals surface area contributed by atoms with Crippen LogP contribution in [-0.2, 0) is 0 Å². The number of aromatic amines is 1. The largest absolute Gasteiger partial charge is 0.497 e. The molecule has 0 aliphatic rings. The van der Waals surface area contributed by atoms with Crippen LogP contribution in [0.3, 0.4) is 0 Å². The Morgan fingerprint density at radius 2 is 1.97 bits per heavy atom. The summed E-state index contributed by atoms with van der Waals surface area (Å²) in [5, 5.41) is 3.87. The second-order valence-electron chi connectivity index (χ2n) is 7.68. The average Bonchev–Trinajstić information content (AvgIpc) is 3.27. The Labute approximate surface area is 188 Å². The number of ether oxygens (including phenoxy) is 1. The number of benzene rings is 2.